The summed E-state index contributed by atoms with van der Waals surface area (Å²) in [5.74, 6) is 0.671. The third-order valence-corrected chi connectivity index (χ3v) is 3.14. The second kappa shape index (κ2) is 4.64. The number of carbonyl (C=O) groups is 1. The lowest BCUT2D eigenvalue weighted by atomic mass is 10.1. The summed E-state index contributed by atoms with van der Waals surface area (Å²) in [6.45, 7) is 3.20. The van der Waals surface area contributed by atoms with Crippen LogP contribution in [0, 0.1) is 0 Å². The van der Waals surface area contributed by atoms with Crippen molar-refractivity contribution < 1.29 is 9.53 Å². The smallest absolute Gasteiger partial charge is 0.259 e. The minimum Gasteiger partial charge on any atom is -0.497 e. The average molecular weight is 245 g/mol. The van der Waals surface area contributed by atoms with E-state index in [1.165, 1.54) is 11.5 Å². The van der Waals surface area contributed by atoms with Gasteiger partial charge >= 0.3 is 0 Å². The van der Waals surface area contributed by atoms with E-state index >= 15 is 0 Å². The Labute approximate surface area is 105 Å². The molecule has 1 aromatic carbocycles. The molecule has 0 aliphatic rings. The number of methoxy groups -OCH3 is 1. The Balaban J connectivity index is 2.65. The Morgan fingerprint density at radius 3 is 2.67 bits per heavy atom. The molecular weight excluding hydrogens is 230 g/mol. The van der Waals surface area contributed by atoms with Crippen LogP contribution in [-0.2, 0) is 4.79 Å². The molecule has 1 heterocycles. The summed E-state index contributed by atoms with van der Waals surface area (Å²) >= 11 is 0. The number of Topliss-reactive ketones (excluding diaryl/α,β-unsaturated/α-hetero) is 1. The molecule has 4 nitrogen and oxygen atoms in total. The lowest BCUT2D eigenvalue weighted by molar-refractivity contribution is -0.119. The van der Waals surface area contributed by atoms with Gasteiger partial charge in [-0.05, 0) is 43.5 Å². The van der Waals surface area contributed by atoms with Gasteiger partial charge in [0.1, 0.15) is 5.75 Å². The van der Waals surface area contributed by atoms with Gasteiger partial charge in [0.25, 0.3) is 5.56 Å². The first-order chi connectivity index (χ1) is 8.54. The fourth-order valence-corrected chi connectivity index (χ4v) is 1.87. The monoisotopic (exact) mass is 245 g/mol. The van der Waals surface area contributed by atoms with Gasteiger partial charge in [-0.15, -0.1) is 0 Å². The topological polar surface area (TPSA) is 48.3 Å². The van der Waals surface area contributed by atoms with Gasteiger partial charge in [0, 0.05) is 11.6 Å². The summed E-state index contributed by atoms with van der Waals surface area (Å²) in [4.78, 5) is 23.6. The highest BCUT2D eigenvalue weighted by Crippen LogP contribution is 2.18. The maximum atomic E-state index is 12.2. The van der Waals surface area contributed by atoms with Gasteiger partial charge < -0.3 is 9.30 Å². The highest BCUT2D eigenvalue weighted by molar-refractivity contribution is 5.84. The van der Waals surface area contributed by atoms with Crippen LogP contribution in [0.5, 0.6) is 5.75 Å². The van der Waals surface area contributed by atoms with Gasteiger partial charge in [-0.25, -0.2) is 0 Å². The van der Waals surface area contributed by atoms with E-state index in [2.05, 4.69) is 0 Å². The zero-order chi connectivity index (χ0) is 13.3. The number of aromatic nitrogens is 1. The predicted molar refractivity (Wildman–Crippen MR) is 70.2 cm³/mol. The molecule has 1 unspecified atom stereocenters. The van der Waals surface area contributed by atoms with E-state index in [4.69, 9.17) is 4.74 Å². The Kier molecular flexibility index (Phi) is 3.19. The van der Waals surface area contributed by atoms with Crippen molar-refractivity contribution in [3.63, 3.8) is 0 Å². The van der Waals surface area contributed by atoms with Crippen LogP contribution >= 0.6 is 0 Å². The second-order valence-corrected chi connectivity index (χ2v) is 4.27. The summed E-state index contributed by atoms with van der Waals surface area (Å²) in [5.41, 5.74) is -0.155. The number of carbonyl (C=O) groups excluding carboxylic acids is 1. The van der Waals surface area contributed by atoms with Crippen LogP contribution in [0.3, 0.4) is 0 Å². The lowest BCUT2D eigenvalue weighted by Gasteiger charge is -2.12. The van der Waals surface area contributed by atoms with Crippen molar-refractivity contribution in [2.75, 3.05) is 7.11 Å². The molecule has 0 saturated carbocycles. The van der Waals surface area contributed by atoms with Gasteiger partial charge in [-0.1, -0.05) is 0 Å². The minimum atomic E-state index is -0.441. The molecule has 0 aliphatic carbocycles. The van der Waals surface area contributed by atoms with Crippen molar-refractivity contribution >= 4 is 16.6 Å². The molecule has 1 aromatic heterocycles. The van der Waals surface area contributed by atoms with Crippen LogP contribution < -0.4 is 10.3 Å². The molecule has 0 aliphatic heterocycles. The van der Waals surface area contributed by atoms with Crippen LogP contribution in [-0.4, -0.2) is 17.5 Å². The zero-order valence-electron chi connectivity index (χ0n) is 10.6. The number of rotatable bonds is 3. The van der Waals surface area contributed by atoms with Crippen molar-refractivity contribution in [1.29, 1.82) is 0 Å². The van der Waals surface area contributed by atoms with Crippen LogP contribution in [0.15, 0.2) is 35.3 Å². The number of ether oxygens (including phenoxy) is 1. The number of pyridine rings is 1. The first-order valence-corrected chi connectivity index (χ1v) is 5.74. The molecule has 0 spiro atoms. The maximum absolute atomic E-state index is 12.2. The Hall–Kier alpha value is -2.10. The highest BCUT2D eigenvalue weighted by Gasteiger charge is 2.12. The molecule has 1 atom stereocenters. The normalized spacial score (nSPS) is 12.4. The molecule has 0 radical (unpaired) electrons. The Morgan fingerprint density at radius 1 is 1.33 bits per heavy atom. The molecule has 0 saturated heterocycles. The SMILES string of the molecule is COc1ccc2c(=O)n(C(C)C(C)=O)ccc2c1. The van der Waals surface area contributed by atoms with Crippen LogP contribution in [0.25, 0.3) is 10.8 Å². The lowest BCUT2D eigenvalue weighted by Crippen LogP contribution is -2.26. The summed E-state index contributed by atoms with van der Waals surface area (Å²) in [6.07, 6.45) is 1.65. The van der Waals surface area contributed by atoms with E-state index < -0.39 is 6.04 Å². The van der Waals surface area contributed by atoms with Crippen LogP contribution in [0.2, 0.25) is 0 Å². The van der Waals surface area contributed by atoms with E-state index in [9.17, 15) is 9.59 Å². The molecular formula is C14H15NO3. The van der Waals surface area contributed by atoms with Crippen molar-refractivity contribution in [2.45, 2.75) is 19.9 Å². The summed E-state index contributed by atoms with van der Waals surface area (Å²) in [6, 6.07) is 6.65. The van der Waals surface area contributed by atoms with Crippen molar-refractivity contribution in [2.24, 2.45) is 0 Å². The van der Waals surface area contributed by atoms with Crippen molar-refractivity contribution in [1.82, 2.24) is 4.57 Å². The second-order valence-electron chi connectivity index (χ2n) is 4.27. The molecule has 0 amide bonds. The largest absolute Gasteiger partial charge is 0.497 e. The number of nitrogens with zero attached hydrogens (tertiary/aromatic N) is 1. The summed E-state index contributed by atoms with van der Waals surface area (Å²) < 4.78 is 6.57. The standard InChI is InChI=1S/C14H15NO3/c1-9(10(2)16)15-7-6-11-8-12(18-3)4-5-13(11)14(15)17/h4-9H,1-3H3. The molecule has 0 N–H and O–H groups in total. The number of ketones is 1. The number of hydrogen-bond donors (Lipinski definition) is 0. The quantitative estimate of drug-likeness (QED) is 0.832. The van der Waals surface area contributed by atoms with Gasteiger partial charge in [0.05, 0.1) is 13.2 Å². The van der Waals surface area contributed by atoms with Crippen molar-refractivity contribution in [3.05, 3.63) is 40.8 Å². The van der Waals surface area contributed by atoms with Gasteiger partial charge in [-0.3, -0.25) is 9.59 Å². The molecule has 18 heavy (non-hydrogen) atoms. The third kappa shape index (κ3) is 2.01. The van der Waals surface area contributed by atoms with E-state index in [0.29, 0.717) is 11.1 Å². The first-order valence-electron chi connectivity index (χ1n) is 5.74. The minimum absolute atomic E-state index is 0.0371. The Bertz CT molecular complexity index is 658. The van der Waals surface area contributed by atoms with Gasteiger partial charge in [-0.2, -0.15) is 0 Å². The molecule has 2 rings (SSSR count). The van der Waals surface area contributed by atoms with Gasteiger partial charge in [0.2, 0.25) is 0 Å². The molecule has 94 valence electrons. The molecule has 0 fully saturated rings. The summed E-state index contributed by atoms with van der Waals surface area (Å²) in [7, 11) is 1.58. The molecule has 2 aromatic rings. The molecule has 0 bridgehead atoms. The fraction of sp³-hybridized carbons (Fsp3) is 0.286. The van der Waals surface area contributed by atoms with Crippen molar-refractivity contribution in [3.8, 4) is 5.75 Å². The van der Waals surface area contributed by atoms with Gasteiger partial charge in [0.15, 0.2) is 5.78 Å². The van der Waals surface area contributed by atoms with E-state index in [0.717, 1.165) is 5.39 Å². The van der Waals surface area contributed by atoms with Crippen LogP contribution in [0.4, 0.5) is 0 Å². The first kappa shape index (κ1) is 12.4. The number of hydrogen-bond acceptors (Lipinski definition) is 3. The Morgan fingerprint density at radius 2 is 2.06 bits per heavy atom. The number of fused-ring (bicyclic) bond motifs is 1. The average Bonchev–Trinajstić information content (AvgIpc) is 2.37. The van der Waals surface area contributed by atoms with E-state index in [1.54, 1.807) is 38.4 Å². The zero-order valence-corrected chi connectivity index (χ0v) is 10.6. The maximum Gasteiger partial charge on any atom is 0.259 e. The molecule has 4 heteroatoms. The number of benzene rings is 1. The van der Waals surface area contributed by atoms with Crippen LogP contribution in [0.1, 0.15) is 19.9 Å². The predicted octanol–water partition coefficient (Wildman–Crippen LogP) is 2.16. The third-order valence-electron chi connectivity index (χ3n) is 3.14. The van der Waals surface area contributed by atoms with E-state index in [-0.39, 0.29) is 11.3 Å². The summed E-state index contributed by atoms with van der Waals surface area (Å²) in [5, 5.41) is 1.40. The van der Waals surface area contributed by atoms with E-state index in [1.807, 2.05) is 6.07 Å². The fourth-order valence-electron chi connectivity index (χ4n) is 1.87. The highest BCUT2D eigenvalue weighted by atomic mass is 16.5.